The maximum absolute atomic E-state index is 12.3. The molecule has 0 bridgehead atoms. The first-order chi connectivity index (χ1) is 7.64. The standard InChI is InChI=1S/C10H23N2O3PS/c1-7(2)11-10(17)12-16(13,14-8(3)4)15-9(5)6/h7-9H,1-6H3,(H2,11,12,13,17)/p-1. The Morgan fingerprint density at radius 2 is 1.53 bits per heavy atom. The third-order valence-corrected chi connectivity index (χ3v) is 3.55. The Morgan fingerprint density at radius 3 is 1.82 bits per heavy atom. The van der Waals surface area contributed by atoms with E-state index in [2.05, 4.69) is 10.1 Å². The van der Waals surface area contributed by atoms with Crippen molar-refractivity contribution in [3.05, 3.63) is 0 Å². The number of rotatable bonds is 6. The van der Waals surface area contributed by atoms with Gasteiger partial charge in [0.05, 0.1) is 0 Å². The van der Waals surface area contributed by atoms with Crippen LogP contribution >= 0.6 is 8.09 Å². The Morgan fingerprint density at radius 1 is 1.12 bits per heavy atom. The number of nitrogens with zero attached hydrogens (tertiary/aromatic N) is 1. The van der Waals surface area contributed by atoms with E-state index in [1.807, 2.05) is 13.8 Å². The summed E-state index contributed by atoms with van der Waals surface area (Å²) in [6, 6.07) is 0.0292. The van der Waals surface area contributed by atoms with Crippen LogP contribution in [0.15, 0.2) is 4.99 Å². The van der Waals surface area contributed by atoms with E-state index < -0.39 is 8.09 Å². The van der Waals surface area contributed by atoms with Crippen LogP contribution in [0, 0.1) is 0 Å². The minimum absolute atomic E-state index is 0.0292. The van der Waals surface area contributed by atoms with Gasteiger partial charge in [0, 0.05) is 11.2 Å². The van der Waals surface area contributed by atoms with E-state index in [1.54, 1.807) is 27.7 Å². The van der Waals surface area contributed by atoms with Gasteiger partial charge in [0.25, 0.3) is 0 Å². The summed E-state index contributed by atoms with van der Waals surface area (Å²) in [4.78, 5) is 16.4. The lowest BCUT2D eigenvalue weighted by molar-refractivity contribution is -0.227. The second kappa shape index (κ2) is 7.44. The summed E-state index contributed by atoms with van der Waals surface area (Å²) in [6.45, 7) is 10.9. The minimum atomic E-state index is -3.43. The van der Waals surface area contributed by atoms with Crippen LogP contribution in [0.2, 0.25) is 0 Å². The summed E-state index contributed by atoms with van der Waals surface area (Å²) in [5.74, 6) is 0. The summed E-state index contributed by atoms with van der Waals surface area (Å²) >= 11 is 4.97. The molecule has 102 valence electrons. The molecule has 0 aromatic heterocycles. The normalized spacial score (nSPS) is 13.9. The molecule has 0 saturated carbocycles. The van der Waals surface area contributed by atoms with E-state index >= 15 is 0 Å². The van der Waals surface area contributed by atoms with E-state index in [4.69, 9.17) is 21.7 Å². The summed E-state index contributed by atoms with van der Waals surface area (Å²) in [7, 11) is -3.43. The molecule has 0 rings (SSSR count). The van der Waals surface area contributed by atoms with Gasteiger partial charge in [-0.3, -0.25) is 4.99 Å². The summed E-state index contributed by atoms with van der Waals surface area (Å²) in [6.07, 6.45) is -0.456. The van der Waals surface area contributed by atoms with Gasteiger partial charge in [-0.15, -0.1) is 0 Å². The zero-order valence-electron chi connectivity index (χ0n) is 11.3. The van der Waals surface area contributed by atoms with Gasteiger partial charge in [-0.25, -0.2) is 5.09 Å². The molecule has 0 fully saturated rings. The molecule has 0 radical (unpaired) electrons. The number of aliphatic imine (C=N–C) groups is 1. The van der Waals surface area contributed by atoms with Gasteiger partial charge in [-0.05, 0) is 41.5 Å². The molecule has 7 heteroatoms. The Kier molecular flexibility index (Phi) is 7.44. The van der Waals surface area contributed by atoms with Gasteiger partial charge >= 0.3 is 8.09 Å². The fraction of sp³-hybridized carbons (Fsp3) is 0.900. The largest absolute Gasteiger partial charge is 0.740 e. The Balaban J connectivity index is 4.69. The molecular formula is C10H22N2O3PS-. The maximum atomic E-state index is 12.3. The van der Waals surface area contributed by atoms with Gasteiger partial charge in [0.15, 0.2) is 0 Å². The van der Waals surface area contributed by atoms with Crippen LogP contribution in [-0.4, -0.2) is 23.4 Å². The number of hydrogen-bond acceptors (Lipinski definition) is 5. The third-order valence-electron chi connectivity index (χ3n) is 1.31. The van der Waals surface area contributed by atoms with Crippen molar-refractivity contribution in [3.63, 3.8) is 0 Å². The van der Waals surface area contributed by atoms with Gasteiger partial charge in [0.2, 0.25) is 0 Å². The molecule has 0 aliphatic rings. The number of nitrogens with one attached hydrogen (secondary N) is 1. The molecule has 0 aromatic carbocycles. The summed E-state index contributed by atoms with van der Waals surface area (Å²) in [5, 5.41) is 2.71. The first-order valence-electron chi connectivity index (χ1n) is 5.64. The summed E-state index contributed by atoms with van der Waals surface area (Å²) < 4.78 is 10.6. The molecule has 1 N–H and O–H groups in total. The van der Waals surface area contributed by atoms with Crippen molar-refractivity contribution in [1.82, 2.24) is 5.09 Å². The lowest BCUT2D eigenvalue weighted by atomic mass is 10.4. The van der Waals surface area contributed by atoms with Crippen LogP contribution in [0.5, 0.6) is 0 Å². The first-order valence-corrected chi connectivity index (χ1v) is 7.59. The van der Waals surface area contributed by atoms with E-state index in [0.29, 0.717) is 0 Å². The molecule has 0 aliphatic carbocycles. The van der Waals surface area contributed by atoms with Gasteiger partial charge < -0.3 is 17.5 Å². The van der Waals surface area contributed by atoms with Gasteiger partial charge in [-0.1, -0.05) is 0 Å². The van der Waals surface area contributed by atoms with Crippen molar-refractivity contribution in [2.45, 2.75) is 59.8 Å². The fourth-order valence-electron chi connectivity index (χ4n) is 1.01. The van der Waals surface area contributed by atoms with E-state index in [-0.39, 0.29) is 23.4 Å². The molecule has 0 amide bonds. The first kappa shape index (κ1) is 17.0. The molecular weight excluding hydrogens is 259 g/mol. The van der Waals surface area contributed by atoms with E-state index in [1.165, 1.54) is 0 Å². The van der Waals surface area contributed by atoms with Crippen molar-refractivity contribution in [1.29, 1.82) is 0 Å². The molecule has 0 unspecified atom stereocenters. The highest BCUT2D eigenvalue weighted by atomic mass is 32.1. The molecule has 5 nitrogen and oxygen atoms in total. The second-order valence-electron chi connectivity index (χ2n) is 4.45. The summed E-state index contributed by atoms with van der Waals surface area (Å²) in [5.41, 5.74) is 0. The fourth-order valence-corrected chi connectivity index (χ4v) is 3.12. The van der Waals surface area contributed by atoms with Crippen molar-refractivity contribution < 1.29 is 13.9 Å². The van der Waals surface area contributed by atoms with Crippen LogP contribution in [0.3, 0.4) is 0 Å². The Hall–Kier alpha value is -0.0000000000000000694. The maximum Gasteiger partial charge on any atom is 0.335 e. The molecule has 0 spiro atoms. The van der Waals surface area contributed by atoms with Crippen molar-refractivity contribution >= 4 is 25.9 Å². The lowest BCUT2D eigenvalue weighted by Crippen LogP contribution is -2.36. The van der Waals surface area contributed by atoms with Gasteiger partial charge in [0.1, 0.15) is 12.2 Å². The van der Waals surface area contributed by atoms with Crippen molar-refractivity contribution in [3.8, 4) is 0 Å². The van der Waals surface area contributed by atoms with Gasteiger partial charge in [-0.2, -0.15) is 9.05 Å². The molecule has 0 heterocycles. The monoisotopic (exact) mass is 281 g/mol. The topological polar surface area (TPSA) is 65.9 Å². The predicted octanol–water partition coefficient (Wildman–Crippen LogP) is 1.78. The molecule has 17 heavy (non-hydrogen) atoms. The molecule has 0 atom stereocenters. The average molecular weight is 281 g/mol. The van der Waals surface area contributed by atoms with Crippen LogP contribution in [0.1, 0.15) is 41.5 Å². The van der Waals surface area contributed by atoms with Crippen molar-refractivity contribution in [2.24, 2.45) is 4.99 Å². The highest BCUT2D eigenvalue weighted by Gasteiger charge is 2.33. The lowest BCUT2D eigenvalue weighted by Gasteiger charge is -2.32. The Labute approximate surface area is 110 Å². The second-order valence-corrected chi connectivity index (χ2v) is 6.47. The predicted molar refractivity (Wildman–Crippen MR) is 72.4 cm³/mol. The zero-order chi connectivity index (χ0) is 13.6. The smallest absolute Gasteiger partial charge is 0.335 e. The molecule has 0 saturated heterocycles. The highest BCUT2D eigenvalue weighted by Crippen LogP contribution is 2.50. The third kappa shape index (κ3) is 8.69. The van der Waals surface area contributed by atoms with E-state index in [9.17, 15) is 4.89 Å². The van der Waals surface area contributed by atoms with Crippen molar-refractivity contribution in [2.75, 3.05) is 0 Å². The zero-order valence-corrected chi connectivity index (χ0v) is 13.0. The minimum Gasteiger partial charge on any atom is -0.740 e. The SMILES string of the molecule is CC(C)N=C([S-])N[P+]([O-])(OC(C)C)OC(C)C. The molecule has 0 aliphatic heterocycles. The van der Waals surface area contributed by atoms with Crippen LogP contribution in [0.4, 0.5) is 0 Å². The van der Waals surface area contributed by atoms with Crippen LogP contribution in [0.25, 0.3) is 0 Å². The van der Waals surface area contributed by atoms with Crippen LogP contribution in [-0.2, 0) is 21.7 Å². The number of amidine groups is 1. The highest BCUT2D eigenvalue weighted by molar-refractivity contribution is 7.79. The average Bonchev–Trinajstić information content (AvgIpc) is 1.95. The molecule has 0 aromatic rings. The van der Waals surface area contributed by atoms with E-state index in [0.717, 1.165) is 0 Å². The quantitative estimate of drug-likeness (QED) is 0.348. The number of hydrogen-bond donors (Lipinski definition) is 1. The Bertz CT molecular complexity index is 250. The van der Waals surface area contributed by atoms with Crippen LogP contribution < -0.4 is 9.98 Å².